The van der Waals surface area contributed by atoms with E-state index in [4.69, 9.17) is 23.2 Å². The van der Waals surface area contributed by atoms with Crippen molar-refractivity contribution in [1.82, 2.24) is 15.3 Å². The minimum atomic E-state index is -0.121. The van der Waals surface area contributed by atoms with E-state index in [-0.39, 0.29) is 11.9 Å². The summed E-state index contributed by atoms with van der Waals surface area (Å²) in [7, 11) is 0. The molecule has 3 rings (SSSR count). The largest absolute Gasteiger partial charge is 0.349 e. The highest BCUT2D eigenvalue weighted by molar-refractivity contribution is 6.35. The Morgan fingerprint density at radius 3 is 2.16 bits per heavy atom. The molecule has 0 atom stereocenters. The summed E-state index contributed by atoms with van der Waals surface area (Å²) in [5, 5.41) is 7.15. The van der Waals surface area contributed by atoms with Crippen molar-refractivity contribution >= 4 is 40.7 Å². The van der Waals surface area contributed by atoms with E-state index in [9.17, 15) is 4.79 Å². The highest BCUT2D eigenvalue weighted by Crippen LogP contribution is 2.24. The number of carbonyl (C=O) groups is 1. The van der Waals surface area contributed by atoms with E-state index in [2.05, 4.69) is 20.6 Å². The standard InChI is InChI=1S/C18H20Cl2N4O/c19-13-7-14(20)9-16(8-13)24-18-21-10-12(11-22-18)17(25)23-15-5-3-1-2-4-6-15/h7-11,15H,1-6H2,(H,23,25)(H,21,22,24). The fraction of sp³-hybridized carbons (Fsp3) is 0.389. The number of nitrogens with one attached hydrogen (secondary N) is 2. The minimum absolute atomic E-state index is 0.121. The van der Waals surface area contributed by atoms with Gasteiger partial charge in [0.05, 0.1) is 5.56 Å². The van der Waals surface area contributed by atoms with Gasteiger partial charge in [0.25, 0.3) is 5.91 Å². The predicted molar refractivity (Wildman–Crippen MR) is 101 cm³/mol. The number of aromatic nitrogens is 2. The van der Waals surface area contributed by atoms with Gasteiger partial charge in [-0.05, 0) is 31.0 Å². The monoisotopic (exact) mass is 378 g/mol. The Morgan fingerprint density at radius 1 is 0.960 bits per heavy atom. The van der Waals surface area contributed by atoms with Gasteiger partial charge in [-0.1, -0.05) is 48.9 Å². The van der Waals surface area contributed by atoms with E-state index in [0.717, 1.165) is 12.8 Å². The molecule has 1 aliphatic rings. The summed E-state index contributed by atoms with van der Waals surface area (Å²) >= 11 is 11.9. The first-order valence-corrected chi connectivity index (χ1v) is 9.22. The fourth-order valence-corrected chi connectivity index (χ4v) is 3.48. The van der Waals surface area contributed by atoms with Gasteiger partial charge in [0.2, 0.25) is 5.95 Å². The Bertz CT molecular complexity index is 708. The summed E-state index contributed by atoms with van der Waals surface area (Å²) in [6.45, 7) is 0. The molecule has 0 saturated heterocycles. The molecule has 1 heterocycles. The molecule has 1 aromatic carbocycles. The summed E-state index contributed by atoms with van der Waals surface area (Å²) in [5.41, 5.74) is 1.15. The molecule has 0 radical (unpaired) electrons. The number of carbonyl (C=O) groups excluding carboxylic acids is 1. The van der Waals surface area contributed by atoms with E-state index in [1.54, 1.807) is 18.2 Å². The van der Waals surface area contributed by atoms with Gasteiger partial charge in [-0.2, -0.15) is 0 Å². The van der Waals surface area contributed by atoms with E-state index < -0.39 is 0 Å². The lowest BCUT2D eigenvalue weighted by molar-refractivity contribution is 0.0932. The first kappa shape index (κ1) is 18.0. The Labute approximate surface area is 157 Å². The van der Waals surface area contributed by atoms with E-state index in [0.29, 0.717) is 27.2 Å². The van der Waals surface area contributed by atoms with Crippen molar-refractivity contribution in [1.29, 1.82) is 0 Å². The van der Waals surface area contributed by atoms with Crippen LogP contribution in [0.1, 0.15) is 48.9 Å². The zero-order valence-corrected chi connectivity index (χ0v) is 15.3. The lowest BCUT2D eigenvalue weighted by atomic mass is 10.1. The van der Waals surface area contributed by atoms with Crippen LogP contribution in [0.5, 0.6) is 0 Å². The topological polar surface area (TPSA) is 66.9 Å². The molecule has 1 fully saturated rings. The van der Waals surface area contributed by atoms with E-state index in [1.165, 1.54) is 38.1 Å². The van der Waals surface area contributed by atoms with Crippen molar-refractivity contribution in [2.24, 2.45) is 0 Å². The van der Waals surface area contributed by atoms with Crippen molar-refractivity contribution < 1.29 is 4.79 Å². The van der Waals surface area contributed by atoms with Crippen molar-refractivity contribution in [3.8, 4) is 0 Å². The number of amides is 1. The van der Waals surface area contributed by atoms with Crippen LogP contribution in [0.25, 0.3) is 0 Å². The Morgan fingerprint density at radius 2 is 1.56 bits per heavy atom. The van der Waals surface area contributed by atoms with Gasteiger partial charge in [0.1, 0.15) is 0 Å². The summed E-state index contributed by atoms with van der Waals surface area (Å²) in [6.07, 6.45) is 9.98. The molecular weight excluding hydrogens is 359 g/mol. The van der Waals surface area contributed by atoms with Gasteiger partial charge in [-0.25, -0.2) is 9.97 Å². The quantitative estimate of drug-likeness (QED) is 0.736. The molecule has 0 spiro atoms. The molecule has 5 nitrogen and oxygen atoms in total. The summed E-state index contributed by atoms with van der Waals surface area (Å²) in [6, 6.07) is 5.35. The van der Waals surface area contributed by atoms with Gasteiger partial charge in [0.15, 0.2) is 0 Å². The van der Waals surface area contributed by atoms with Crippen LogP contribution in [0.2, 0.25) is 10.0 Å². The maximum Gasteiger partial charge on any atom is 0.254 e. The summed E-state index contributed by atoms with van der Waals surface area (Å²) in [5.74, 6) is 0.258. The second kappa shape index (κ2) is 8.50. The number of rotatable bonds is 4. The number of nitrogens with zero attached hydrogens (tertiary/aromatic N) is 2. The highest BCUT2D eigenvalue weighted by Gasteiger charge is 2.16. The molecule has 1 aliphatic carbocycles. The van der Waals surface area contributed by atoms with Crippen LogP contribution in [0.4, 0.5) is 11.6 Å². The maximum atomic E-state index is 12.3. The third kappa shape index (κ3) is 5.31. The predicted octanol–water partition coefficient (Wildman–Crippen LogP) is 4.98. The van der Waals surface area contributed by atoms with Crippen LogP contribution >= 0.6 is 23.2 Å². The van der Waals surface area contributed by atoms with E-state index >= 15 is 0 Å². The Balaban J connectivity index is 1.62. The zero-order chi connectivity index (χ0) is 17.6. The zero-order valence-electron chi connectivity index (χ0n) is 13.8. The van der Waals surface area contributed by atoms with Crippen molar-refractivity contribution in [3.05, 3.63) is 46.2 Å². The molecule has 7 heteroatoms. The van der Waals surface area contributed by atoms with Crippen LogP contribution in [0.15, 0.2) is 30.6 Å². The Kier molecular flexibility index (Phi) is 6.10. The Hall–Kier alpha value is -1.85. The first-order chi connectivity index (χ1) is 12.1. The van der Waals surface area contributed by atoms with Gasteiger partial charge in [0, 0.05) is 34.2 Å². The summed E-state index contributed by atoms with van der Waals surface area (Å²) < 4.78 is 0. The summed E-state index contributed by atoms with van der Waals surface area (Å²) in [4.78, 5) is 20.7. The fourth-order valence-electron chi connectivity index (χ4n) is 2.96. The molecule has 2 aromatic rings. The molecular formula is C18H20Cl2N4O. The average molecular weight is 379 g/mol. The number of halogens is 2. The molecule has 0 unspecified atom stereocenters. The highest BCUT2D eigenvalue weighted by atomic mass is 35.5. The smallest absolute Gasteiger partial charge is 0.254 e. The van der Waals surface area contributed by atoms with Gasteiger partial charge < -0.3 is 10.6 Å². The van der Waals surface area contributed by atoms with Crippen LogP contribution < -0.4 is 10.6 Å². The molecule has 132 valence electrons. The second-order valence-corrected chi connectivity index (χ2v) is 7.11. The lowest BCUT2D eigenvalue weighted by Crippen LogP contribution is -2.34. The van der Waals surface area contributed by atoms with Gasteiger partial charge >= 0.3 is 0 Å². The minimum Gasteiger partial charge on any atom is -0.349 e. The molecule has 1 amide bonds. The van der Waals surface area contributed by atoms with Crippen molar-refractivity contribution in [3.63, 3.8) is 0 Å². The molecule has 25 heavy (non-hydrogen) atoms. The molecule has 1 aromatic heterocycles. The average Bonchev–Trinajstić information content (AvgIpc) is 2.83. The number of hydrogen-bond donors (Lipinski definition) is 2. The van der Waals surface area contributed by atoms with Crippen LogP contribution in [0, 0.1) is 0 Å². The normalized spacial score (nSPS) is 15.4. The van der Waals surface area contributed by atoms with Crippen LogP contribution in [0.3, 0.4) is 0 Å². The SMILES string of the molecule is O=C(NC1CCCCCC1)c1cnc(Nc2cc(Cl)cc(Cl)c2)nc1. The number of anilines is 2. The number of hydrogen-bond acceptors (Lipinski definition) is 4. The first-order valence-electron chi connectivity index (χ1n) is 8.46. The third-order valence-corrected chi connectivity index (χ3v) is 4.66. The van der Waals surface area contributed by atoms with Gasteiger partial charge in [-0.3, -0.25) is 4.79 Å². The number of benzene rings is 1. The van der Waals surface area contributed by atoms with Crippen LogP contribution in [-0.2, 0) is 0 Å². The van der Waals surface area contributed by atoms with Crippen molar-refractivity contribution in [2.45, 2.75) is 44.6 Å². The lowest BCUT2D eigenvalue weighted by Gasteiger charge is -2.16. The third-order valence-electron chi connectivity index (χ3n) is 4.22. The molecule has 0 bridgehead atoms. The molecule has 1 saturated carbocycles. The molecule has 0 aliphatic heterocycles. The molecule has 2 N–H and O–H groups in total. The second-order valence-electron chi connectivity index (χ2n) is 6.24. The van der Waals surface area contributed by atoms with E-state index in [1.807, 2.05) is 0 Å². The van der Waals surface area contributed by atoms with Crippen LogP contribution in [-0.4, -0.2) is 21.9 Å². The van der Waals surface area contributed by atoms with Gasteiger partial charge in [-0.15, -0.1) is 0 Å². The maximum absolute atomic E-state index is 12.3. The van der Waals surface area contributed by atoms with Crippen molar-refractivity contribution in [2.75, 3.05) is 5.32 Å².